The maximum Gasteiger partial charge on any atom is 0.303 e. The molecule has 84 valence electrons. The van der Waals surface area contributed by atoms with E-state index in [4.69, 9.17) is 14.0 Å². The van der Waals surface area contributed by atoms with Crippen LogP contribution in [0.5, 0.6) is 0 Å². The molecular formula is C9H9N3O4. The Morgan fingerprint density at radius 1 is 1.50 bits per heavy atom. The monoisotopic (exact) mass is 223 g/mol. The molecule has 2 heterocycles. The molecular weight excluding hydrogens is 214 g/mol. The van der Waals surface area contributed by atoms with Gasteiger partial charge in [0.05, 0.1) is 12.6 Å². The lowest BCUT2D eigenvalue weighted by atomic mass is 10.3. The largest absolute Gasteiger partial charge is 0.481 e. The molecule has 0 bridgehead atoms. The molecule has 0 fully saturated rings. The number of carboxylic acid groups (broad SMARTS) is 1. The van der Waals surface area contributed by atoms with Gasteiger partial charge in [-0.05, 0) is 6.92 Å². The minimum Gasteiger partial charge on any atom is -0.481 e. The number of carboxylic acids is 1. The van der Waals surface area contributed by atoms with Gasteiger partial charge in [-0.25, -0.2) is 0 Å². The van der Waals surface area contributed by atoms with Gasteiger partial charge in [0.1, 0.15) is 11.3 Å². The predicted octanol–water partition coefficient (Wildman–Crippen LogP) is 1.05. The van der Waals surface area contributed by atoms with E-state index in [-0.39, 0.29) is 18.7 Å². The van der Waals surface area contributed by atoms with E-state index in [9.17, 15) is 4.79 Å². The Kier molecular flexibility index (Phi) is 2.67. The second kappa shape index (κ2) is 4.13. The summed E-state index contributed by atoms with van der Waals surface area (Å²) in [5.74, 6) is 0.256. The standard InChI is InChI=1S/C9H9N3O4/c1-5-6(4-10-16-5)9-12-11-7(15-9)2-3-8(13)14/h4H,2-3H2,1H3,(H,13,14). The first-order valence-electron chi connectivity index (χ1n) is 4.62. The summed E-state index contributed by atoms with van der Waals surface area (Å²) in [6.07, 6.45) is 1.65. The topological polar surface area (TPSA) is 102 Å². The lowest BCUT2D eigenvalue weighted by Gasteiger charge is -1.89. The summed E-state index contributed by atoms with van der Waals surface area (Å²) in [5, 5.41) is 19.6. The van der Waals surface area contributed by atoms with Crippen LogP contribution in [0.25, 0.3) is 11.5 Å². The van der Waals surface area contributed by atoms with E-state index < -0.39 is 5.97 Å². The molecule has 2 aromatic rings. The van der Waals surface area contributed by atoms with Gasteiger partial charge in [-0.15, -0.1) is 10.2 Å². The highest BCUT2D eigenvalue weighted by Crippen LogP contribution is 2.21. The average molecular weight is 223 g/mol. The van der Waals surface area contributed by atoms with E-state index in [1.165, 1.54) is 6.20 Å². The number of aryl methyl sites for hydroxylation is 2. The molecule has 0 saturated heterocycles. The van der Waals surface area contributed by atoms with Crippen LogP contribution in [0.3, 0.4) is 0 Å². The van der Waals surface area contributed by atoms with Crippen molar-refractivity contribution in [3.8, 4) is 11.5 Å². The fourth-order valence-electron chi connectivity index (χ4n) is 1.18. The summed E-state index contributed by atoms with van der Waals surface area (Å²) in [6.45, 7) is 1.73. The van der Waals surface area contributed by atoms with Crippen LogP contribution in [-0.2, 0) is 11.2 Å². The molecule has 0 spiro atoms. The fraction of sp³-hybridized carbons (Fsp3) is 0.333. The van der Waals surface area contributed by atoms with Crippen LogP contribution < -0.4 is 0 Å². The molecule has 0 radical (unpaired) electrons. The highest BCUT2D eigenvalue weighted by atomic mass is 16.5. The number of rotatable bonds is 4. The zero-order valence-electron chi connectivity index (χ0n) is 8.51. The van der Waals surface area contributed by atoms with Gasteiger partial charge in [0.2, 0.25) is 5.89 Å². The zero-order chi connectivity index (χ0) is 11.5. The molecule has 7 nitrogen and oxygen atoms in total. The molecule has 1 N–H and O–H groups in total. The number of aromatic nitrogens is 3. The minimum absolute atomic E-state index is 0.0374. The van der Waals surface area contributed by atoms with Crippen LogP contribution in [-0.4, -0.2) is 26.4 Å². The second-order valence-electron chi connectivity index (χ2n) is 3.19. The van der Waals surface area contributed by atoms with Crippen molar-refractivity contribution in [1.29, 1.82) is 0 Å². The predicted molar refractivity (Wildman–Crippen MR) is 50.5 cm³/mol. The molecule has 0 aromatic carbocycles. The fourth-order valence-corrected chi connectivity index (χ4v) is 1.18. The third-order valence-electron chi connectivity index (χ3n) is 2.00. The number of carbonyl (C=O) groups is 1. The molecule has 0 atom stereocenters. The third kappa shape index (κ3) is 2.08. The highest BCUT2D eigenvalue weighted by Gasteiger charge is 2.14. The molecule has 0 aliphatic rings. The molecule has 2 rings (SSSR count). The van der Waals surface area contributed by atoms with Crippen molar-refractivity contribution in [2.75, 3.05) is 0 Å². The van der Waals surface area contributed by atoms with Crippen LogP contribution in [0.4, 0.5) is 0 Å². The maximum atomic E-state index is 10.3. The lowest BCUT2D eigenvalue weighted by Crippen LogP contribution is -1.97. The van der Waals surface area contributed by atoms with Crippen molar-refractivity contribution >= 4 is 5.97 Å². The van der Waals surface area contributed by atoms with E-state index in [2.05, 4.69) is 15.4 Å². The third-order valence-corrected chi connectivity index (χ3v) is 2.00. The minimum atomic E-state index is -0.902. The van der Waals surface area contributed by atoms with Gasteiger partial charge in [-0.2, -0.15) is 0 Å². The summed E-state index contributed by atoms with van der Waals surface area (Å²) < 4.78 is 10.1. The quantitative estimate of drug-likeness (QED) is 0.826. The average Bonchev–Trinajstić information content (AvgIpc) is 2.83. The summed E-state index contributed by atoms with van der Waals surface area (Å²) in [6, 6.07) is 0. The molecule has 0 saturated carbocycles. The van der Waals surface area contributed by atoms with E-state index in [1.807, 2.05) is 0 Å². The molecule has 0 unspecified atom stereocenters. The van der Waals surface area contributed by atoms with Crippen LogP contribution >= 0.6 is 0 Å². The van der Waals surface area contributed by atoms with Crippen LogP contribution in [0, 0.1) is 6.92 Å². The Morgan fingerprint density at radius 2 is 2.31 bits per heavy atom. The van der Waals surface area contributed by atoms with Crippen molar-refractivity contribution in [1.82, 2.24) is 15.4 Å². The zero-order valence-corrected chi connectivity index (χ0v) is 8.51. The summed E-state index contributed by atoms with van der Waals surface area (Å²) in [7, 11) is 0. The van der Waals surface area contributed by atoms with Gasteiger partial charge in [0, 0.05) is 6.42 Å². The number of hydrogen-bond donors (Lipinski definition) is 1. The smallest absolute Gasteiger partial charge is 0.303 e. The van der Waals surface area contributed by atoms with Gasteiger partial charge >= 0.3 is 5.97 Å². The van der Waals surface area contributed by atoms with Crippen molar-refractivity contribution < 1.29 is 18.8 Å². The van der Waals surface area contributed by atoms with E-state index in [0.717, 1.165) is 0 Å². The first-order valence-corrected chi connectivity index (χ1v) is 4.62. The van der Waals surface area contributed by atoms with Gasteiger partial charge in [-0.1, -0.05) is 5.16 Å². The van der Waals surface area contributed by atoms with Gasteiger partial charge in [-0.3, -0.25) is 4.79 Å². The molecule has 0 aliphatic carbocycles. The molecule has 0 aliphatic heterocycles. The van der Waals surface area contributed by atoms with Gasteiger partial charge in [0.25, 0.3) is 5.89 Å². The van der Waals surface area contributed by atoms with Gasteiger partial charge < -0.3 is 14.0 Å². The van der Waals surface area contributed by atoms with Crippen LogP contribution in [0.1, 0.15) is 18.1 Å². The normalized spacial score (nSPS) is 10.6. The van der Waals surface area contributed by atoms with Gasteiger partial charge in [0.15, 0.2) is 0 Å². The Bertz CT molecular complexity index is 502. The van der Waals surface area contributed by atoms with E-state index >= 15 is 0 Å². The van der Waals surface area contributed by atoms with Crippen molar-refractivity contribution in [2.24, 2.45) is 0 Å². The summed E-state index contributed by atoms with van der Waals surface area (Å²) in [4.78, 5) is 10.3. The van der Waals surface area contributed by atoms with Crippen LogP contribution in [0.15, 0.2) is 15.1 Å². The second-order valence-corrected chi connectivity index (χ2v) is 3.19. The number of aliphatic carboxylic acids is 1. The maximum absolute atomic E-state index is 10.3. The first-order chi connectivity index (χ1) is 7.66. The van der Waals surface area contributed by atoms with Crippen molar-refractivity contribution in [2.45, 2.75) is 19.8 Å². The molecule has 0 amide bonds. The summed E-state index contributed by atoms with van der Waals surface area (Å²) in [5.41, 5.74) is 0.620. The Morgan fingerprint density at radius 3 is 2.94 bits per heavy atom. The Hall–Kier alpha value is -2.18. The first kappa shape index (κ1) is 10.3. The molecule has 16 heavy (non-hydrogen) atoms. The van der Waals surface area contributed by atoms with Crippen molar-refractivity contribution in [3.05, 3.63) is 17.8 Å². The summed E-state index contributed by atoms with van der Waals surface area (Å²) >= 11 is 0. The molecule has 2 aromatic heterocycles. The number of nitrogens with zero attached hydrogens (tertiary/aromatic N) is 3. The molecule has 7 heteroatoms. The van der Waals surface area contributed by atoms with Crippen molar-refractivity contribution in [3.63, 3.8) is 0 Å². The highest BCUT2D eigenvalue weighted by molar-refractivity contribution is 5.66. The Balaban J connectivity index is 2.14. The Labute approximate surface area is 90.1 Å². The van der Waals surface area contributed by atoms with Crippen LogP contribution in [0.2, 0.25) is 0 Å². The van der Waals surface area contributed by atoms with E-state index in [0.29, 0.717) is 17.2 Å². The number of hydrogen-bond acceptors (Lipinski definition) is 6. The lowest BCUT2D eigenvalue weighted by molar-refractivity contribution is -0.137. The SMILES string of the molecule is Cc1oncc1-c1nnc(CCC(=O)O)o1. The van der Waals surface area contributed by atoms with E-state index in [1.54, 1.807) is 6.92 Å².